The van der Waals surface area contributed by atoms with Gasteiger partial charge in [0.2, 0.25) is 5.91 Å². The number of primary amides is 1. The van der Waals surface area contributed by atoms with Gasteiger partial charge in [-0.2, -0.15) is 8.42 Å². The van der Waals surface area contributed by atoms with E-state index in [1.54, 1.807) is 0 Å². The zero-order valence-corrected chi connectivity index (χ0v) is 17.4. The summed E-state index contributed by atoms with van der Waals surface area (Å²) >= 11 is 0. The van der Waals surface area contributed by atoms with E-state index in [4.69, 9.17) is 15.0 Å². The van der Waals surface area contributed by atoms with E-state index < -0.39 is 39.6 Å². The van der Waals surface area contributed by atoms with Gasteiger partial charge >= 0.3 is 7.12 Å². The van der Waals surface area contributed by atoms with Gasteiger partial charge in [-0.05, 0) is 63.7 Å². The Kier molecular flexibility index (Phi) is 5.39. The van der Waals surface area contributed by atoms with Gasteiger partial charge in [-0.1, -0.05) is 6.07 Å². The van der Waals surface area contributed by atoms with Crippen molar-refractivity contribution >= 4 is 28.6 Å². The second kappa shape index (κ2) is 7.10. The van der Waals surface area contributed by atoms with E-state index in [2.05, 4.69) is 5.32 Å². The highest BCUT2D eigenvalue weighted by molar-refractivity contribution is 7.86. The van der Waals surface area contributed by atoms with Crippen LogP contribution in [0.1, 0.15) is 61.7 Å². The molecule has 154 valence electrons. The zero-order valence-electron chi connectivity index (χ0n) is 16.6. The average Bonchev–Trinajstić information content (AvgIpc) is 3.33. The van der Waals surface area contributed by atoms with Crippen molar-refractivity contribution in [1.82, 2.24) is 5.32 Å². The molecule has 0 aromatic heterocycles. The lowest BCUT2D eigenvalue weighted by Crippen LogP contribution is -2.41. The molecule has 4 N–H and O–H groups in total. The van der Waals surface area contributed by atoms with Crippen LogP contribution in [0.5, 0.6) is 0 Å². The maximum atomic E-state index is 12.1. The highest BCUT2D eigenvalue weighted by Gasteiger charge is 2.53. The van der Waals surface area contributed by atoms with Crippen molar-refractivity contribution in [3.05, 3.63) is 29.3 Å². The first-order valence-electron chi connectivity index (χ1n) is 9.31. The molecule has 0 spiro atoms. The Morgan fingerprint density at radius 2 is 1.86 bits per heavy atom. The Balaban J connectivity index is 2.06. The van der Waals surface area contributed by atoms with E-state index in [-0.39, 0.29) is 18.2 Å². The molecule has 1 heterocycles. The van der Waals surface area contributed by atoms with Gasteiger partial charge in [-0.15, -0.1) is 0 Å². The van der Waals surface area contributed by atoms with Crippen LogP contribution in [-0.4, -0.2) is 49.8 Å². The summed E-state index contributed by atoms with van der Waals surface area (Å²) in [6.45, 7) is 7.55. The lowest BCUT2D eigenvalue weighted by atomic mass is 9.74. The Hall–Kier alpha value is -1.46. The Labute approximate surface area is 166 Å². The van der Waals surface area contributed by atoms with Gasteiger partial charge in [-0.3, -0.25) is 9.35 Å². The fraction of sp³-hybridized carbons (Fsp3) is 0.611. The van der Waals surface area contributed by atoms with Crippen molar-refractivity contribution in [1.29, 1.82) is 0 Å². The molecular weight excluding hydrogens is 383 g/mol. The van der Waals surface area contributed by atoms with Gasteiger partial charge in [0.05, 0.1) is 11.2 Å². The number of benzene rings is 1. The highest BCUT2D eigenvalue weighted by atomic mass is 32.2. The number of nitrogens with one attached hydrogen (secondary N) is 1. The number of nitrogens with two attached hydrogens (primary N) is 1. The lowest BCUT2D eigenvalue weighted by Gasteiger charge is -2.32. The van der Waals surface area contributed by atoms with Gasteiger partial charge < -0.3 is 20.4 Å². The summed E-state index contributed by atoms with van der Waals surface area (Å²) in [6.07, 6.45) is 1.95. The van der Waals surface area contributed by atoms with Crippen LogP contribution in [0.4, 0.5) is 0 Å². The fourth-order valence-electron chi connectivity index (χ4n) is 3.13. The second-order valence-electron chi connectivity index (χ2n) is 8.48. The van der Waals surface area contributed by atoms with Crippen molar-refractivity contribution in [3.63, 3.8) is 0 Å². The predicted molar refractivity (Wildman–Crippen MR) is 106 cm³/mol. The van der Waals surface area contributed by atoms with E-state index in [0.717, 1.165) is 12.8 Å². The maximum absolute atomic E-state index is 12.1. The number of hydrogen-bond acceptors (Lipinski definition) is 6. The van der Waals surface area contributed by atoms with Crippen molar-refractivity contribution < 1.29 is 27.1 Å². The van der Waals surface area contributed by atoms with Crippen LogP contribution in [-0.2, 0) is 19.4 Å². The van der Waals surface area contributed by atoms with Gasteiger partial charge in [0.15, 0.2) is 0 Å². The third-order valence-electron chi connectivity index (χ3n) is 5.75. The van der Waals surface area contributed by atoms with Crippen LogP contribution in [0.2, 0.25) is 0 Å². The molecule has 10 heteroatoms. The number of rotatable bonds is 7. The molecule has 2 fully saturated rings. The molecule has 1 aliphatic heterocycles. The largest absolute Gasteiger partial charge is 0.495 e. The van der Waals surface area contributed by atoms with E-state index >= 15 is 0 Å². The highest BCUT2D eigenvalue weighted by Crippen LogP contribution is 2.37. The minimum absolute atomic E-state index is 0.0475. The van der Waals surface area contributed by atoms with Crippen LogP contribution in [0.25, 0.3) is 0 Å². The van der Waals surface area contributed by atoms with Crippen LogP contribution in [0.15, 0.2) is 18.2 Å². The Bertz CT molecular complexity index is 866. The standard InChI is InChI=1S/C18H27BN2O6S/c1-17(2)18(3,4)27-19(26-17)14-9-11(16(20)22)5-8-13(14)15(28(23,24)25)10-21-12-6-7-12/h5,8-9,12,15,21H,6-7,10H2,1-4H3,(H2,20,22)(H,23,24,25). The SMILES string of the molecule is CC1(C)OB(c2cc(C(N)=O)ccc2C(CNC2CC2)S(=O)(=O)O)OC1(C)C. The van der Waals surface area contributed by atoms with Gasteiger partial charge in [0.1, 0.15) is 5.25 Å². The summed E-state index contributed by atoms with van der Waals surface area (Å²) in [5.74, 6) is -0.649. The smallest absolute Gasteiger partial charge is 0.399 e. The second-order valence-corrected chi connectivity index (χ2v) is 10.1. The first kappa shape index (κ1) is 21.3. The van der Waals surface area contributed by atoms with E-state index in [9.17, 15) is 17.8 Å². The van der Waals surface area contributed by atoms with Crippen molar-refractivity contribution in [2.75, 3.05) is 6.54 Å². The van der Waals surface area contributed by atoms with E-state index in [1.807, 2.05) is 27.7 Å². The molecule has 8 nitrogen and oxygen atoms in total. The molecular formula is C18H27BN2O6S. The van der Waals surface area contributed by atoms with E-state index in [0.29, 0.717) is 11.0 Å². The number of carbonyl (C=O) groups is 1. The predicted octanol–water partition coefficient (Wildman–Crippen LogP) is 0.766. The Morgan fingerprint density at radius 1 is 1.29 bits per heavy atom. The topological polar surface area (TPSA) is 128 Å². The molecule has 1 amide bonds. The minimum atomic E-state index is -4.42. The number of carbonyl (C=O) groups excluding carboxylic acids is 1. The van der Waals surface area contributed by atoms with Crippen LogP contribution < -0.4 is 16.5 Å². The molecule has 0 radical (unpaired) electrons. The van der Waals surface area contributed by atoms with Crippen molar-refractivity contribution in [2.24, 2.45) is 5.73 Å². The summed E-state index contributed by atoms with van der Waals surface area (Å²) in [6, 6.07) is 4.68. The van der Waals surface area contributed by atoms with E-state index in [1.165, 1.54) is 18.2 Å². The van der Waals surface area contributed by atoms with Crippen molar-refractivity contribution in [2.45, 2.75) is 63.0 Å². The molecule has 1 unspecified atom stereocenters. The molecule has 0 bridgehead atoms. The molecule has 2 aliphatic rings. The number of hydrogen-bond donors (Lipinski definition) is 3. The first-order valence-corrected chi connectivity index (χ1v) is 10.8. The molecule has 1 saturated carbocycles. The first-order chi connectivity index (χ1) is 12.8. The van der Waals surface area contributed by atoms with Gasteiger partial charge in [0.25, 0.3) is 10.1 Å². The summed E-state index contributed by atoms with van der Waals surface area (Å²) in [4.78, 5) is 11.7. The molecule has 1 aliphatic carbocycles. The van der Waals surface area contributed by atoms with Crippen LogP contribution in [0.3, 0.4) is 0 Å². The molecule has 3 rings (SSSR count). The quantitative estimate of drug-likeness (QED) is 0.447. The fourth-order valence-corrected chi connectivity index (χ4v) is 3.97. The molecule has 1 aromatic rings. The Morgan fingerprint density at radius 3 is 2.32 bits per heavy atom. The summed E-state index contributed by atoms with van der Waals surface area (Å²) in [5.41, 5.74) is 4.99. The number of amides is 1. The zero-order chi connectivity index (χ0) is 20.9. The van der Waals surface area contributed by atoms with Crippen molar-refractivity contribution in [3.8, 4) is 0 Å². The van der Waals surface area contributed by atoms with Gasteiger partial charge in [0, 0.05) is 18.2 Å². The van der Waals surface area contributed by atoms with Crippen LogP contribution in [0, 0.1) is 0 Å². The molecule has 28 heavy (non-hydrogen) atoms. The summed E-state index contributed by atoms with van der Waals surface area (Å²) < 4.78 is 46.3. The maximum Gasteiger partial charge on any atom is 0.495 e. The molecule has 1 atom stereocenters. The monoisotopic (exact) mass is 410 g/mol. The third-order valence-corrected chi connectivity index (χ3v) is 6.89. The molecule has 1 aromatic carbocycles. The van der Waals surface area contributed by atoms with Crippen LogP contribution >= 0.6 is 0 Å². The van der Waals surface area contributed by atoms with Gasteiger partial charge in [-0.25, -0.2) is 0 Å². The summed E-state index contributed by atoms with van der Waals surface area (Å²) in [7, 11) is -5.32. The molecule has 1 saturated heterocycles. The normalized spacial score (nSPS) is 22.2. The minimum Gasteiger partial charge on any atom is -0.399 e. The average molecular weight is 410 g/mol. The summed E-state index contributed by atoms with van der Waals surface area (Å²) in [5, 5.41) is 1.92. The third kappa shape index (κ3) is 4.26. The lowest BCUT2D eigenvalue weighted by molar-refractivity contribution is 0.00578.